The maximum atomic E-state index is 14.3. The molecule has 1 saturated heterocycles. The number of hydrogen-bond donors (Lipinski definition) is 3. The van der Waals surface area contributed by atoms with Crippen LogP contribution in [0.15, 0.2) is 54.2 Å². The second-order valence-electron chi connectivity index (χ2n) is 9.35. The molecule has 0 saturated carbocycles. The topological polar surface area (TPSA) is 122 Å². The van der Waals surface area contributed by atoms with E-state index in [1.165, 1.54) is 19.3 Å². The molecule has 10 nitrogen and oxygen atoms in total. The fourth-order valence-corrected chi connectivity index (χ4v) is 4.65. The Morgan fingerprint density at radius 2 is 1.72 bits per heavy atom. The number of nitrogens with zero attached hydrogens (tertiary/aromatic N) is 7. The van der Waals surface area contributed by atoms with E-state index in [-0.39, 0.29) is 5.56 Å². The third-order valence-electron chi connectivity index (χ3n) is 6.71. The minimum absolute atomic E-state index is 0.0610. The molecule has 0 amide bonds. The maximum Gasteiger partial charge on any atom is 0.225 e. The Morgan fingerprint density at radius 1 is 1.05 bits per heavy atom. The Morgan fingerprint density at radius 3 is 2.31 bits per heavy atom. The van der Waals surface area contributed by atoms with Crippen LogP contribution in [0.25, 0.3) is 11.1 Å². The summed E-state index contributed by atoms with van der Waals surface area (Å²) in [5.41, 5.74) is -0.0348. The first-order valence-corrected chi connectivity index (χ1v) is 12.1. The summed E-state index contributed by atoms with van der Waals surface area (Å²) in [5, 5.41) is 22.6. The Hall–Kier alpha value is -4.52. The average Bonchev–Trinajstić information content (AvgIpc) is 3.56. The monoisotopic (exact) mass is 537 g/mol. The number of aromatic amines is 1. The van der Waals surface area contributed by atoms with Gasteiger partial charge in [0.05, 0.1) is 17.5 Å². The van der Waals surface area contributed by atoms with Crippen molar-refractivity contribution >= 4 is 18.1 Å². The number of halogens is 3. The van der Waals surface area contributed by atoms with Gasteiger partial charge < -0.3 is 19.9 Å². The summed E-state index contributed by atoms with van der Waals surface area (Å²) >= 11 is 0. The number of amidine groups is 1. The van der Waals surface area contributed by atoms with Crippen molar-refractivity contribution in [1.82, 2.24) is 29.6 Å². The van der Waals surface area contributed by atoms with E-state index in [9.17, 15) is 18.3 Å². The van der Waals surface area contributed by atoms with Crippen molar-refractivity contribution in [3.05, 3.63) is 83.5 Å². The van der Waals surface area contributed by atoms with Gasteiger partial charge in [-0.15, -0.1) is 0 Å². The third kappa shape index (κ3) is 5.12. The molecule has 1 aliphatic heterocycles. The molecule has 0 unspecified atom stereocenters. The van der Waals surface area contributed by atoms with Crippen LogP contribution in [0.1, 0.15) is 23.7 Å². The summed E-state index contributed by atoms with van der Waals surface area (Å²) in [4.78, 5) is 20.1. The van der Waals surface area contributed by atoms with Crippen molar-refractivity contribution in [2.75, 3.05) is 31.1 Å². The number of hydrogen-bond acceptors (Lipinski definition) is 6. The number of aryl methyl sites for hydroxylation is 1. The van der Waals surface area contributed by atoms with Crippen molar-refractivity contribution < 1.29 is 18.3 Å². The van der Waals surface area contributed by atoms with Gasteiger partial charge in [0, 0.05) is 86.8 Å². The van der Waals surface area contributed by atoms with E-state index in [0.717, 1.165) is 23.2 Å². The number of H-pyrrole nitrogens is 1. The Balaban J connectivity index is 1.28. The number of nitrogens with one attached hydrogen (secondary N) is 2. The van der Waals surface area contributed by atoms with Crippen molar-refractivity contribution in [2.45, 2.75) is 12.5 Å². The third-order valence-corrected chi connectivity index (χ3v) is 6.71. The van der Waals surface area contributed by atoms with Gasteiger partial charge in [0.2, 0.25) is 5.95 Å². The molecule has 0 radical (unpaired) electrons. The first-order chi connectivity index (χ1) is 18.7. The van der Waals surface area contributed by atoms with Gasteiger partial charge in [-0.25, -0.2) is 28.1 Å². The van der Waals surface area contributed by atoms with Gasteiger partial charge in [-0.2, -0.15) is 5.10 Å². The van der Waals surface area contributed by atoms with Crippen LogP contribution in [0.4, 0.5) is 19.1 Å². The summed E-state index contributed by atoms with van der Waals surface area (Å²) in [6, 6.07) is 3.00. The number of aliphatic hydroxyl groups is 1. The van der Waals surface area contributed by atoms with E-state index in [1.807, 2.05) is 30.4 Å². The number of aliphatic imine (C=N–C) groups is 1. The lowest BCUT2D eigenvalue weighted by atomic mass is 9.89. The number of rotatable bonds is 6. The molecule has 3 N–H and O–H groups in total. The minimum atomic E-state index is -2.11. The van der Waals surface area contributed by atoms with E-state index in [4.69, 9.17) is 5.41 Å². The molecule has 4 heterocycles. The predicted molar refractivity (Wildman–Crippen MR) is 139 cm³/mol. The molecule has 1 atom stereocenters. The quantitative estimate of drug-likeness (QED) is 0.257. The van der Waals surface area contributed by atoms with E-state index in [2.05, 4.69) is 29.9 Å². The molecule has 1 aromatic carbocycles. The summed E-state index contributed by atoms with van der Waals surface area (Å²) in [6.07, 6.45) is 9.17. The Bertz CT molecular complexity index is 1500. The van der Waals surface area contributed by atoms with Crippen LogP contribution in [0.3, 0.4) is 0 Å². The second-order valence-corrected chi connectivity index (χ2v) is 9.35. The van der Waals surface area contributed by atoms with E-state index in [1.54, 1.807) is 10.9 Å². The number of piperazine rings is 1. The van der Waals surface area contributed by atoms with Crippen LogP contribution in [0, 0.1) is 22.9 Å². The number of aromatic nitrogens is 5. The fourth-order valence-electron chi connectivity index (χ4n) is 4.65. The van der Waals surface area contributed by atoms with Crippen molar-refractivity contribution in [3.63, 3.8) is 0 Å². The maximum absolute atomic E-state index is 14.3. The van der Waals surface area contributed by atoms with Crippen molar-refractivity contribution in [3.8, 4) is 11.1 Å². The molecule has 1 fully saturated rings. The zero-order valence-corrected chi connectivity index (χ0v) is 21.2. The van der Waals surface area contributed by atoms with E-state index >= 15 is 0 Å². The molecule has 4 aromatic rings. The highest BCUT2D eigenvalue weighted by Crippen LogP contribution is 2.33. The molecule has 202 valence electrons. The van der Waals surface area contributed by atoms with E-state index in [0.29, 0.717) is 50.1 Å². The second kappa shape index (κ2) is 10.3. The summed E-state index contributed by atoms with van der Waals surface area (Å²) in [5.74, 6) is -2.45. The highest BCUT2D eigenvalue weighted by Gasteiger charge is 2.34. The fraction of sp³-hybridized carbons (Fsp3) is 0.269. The molecule has 13 heteroatoms. The normalized spacial score (nSPS) is 15.9. The molecule has 39 heavy (non-hydrogen) atoms. The van der Waals surface area contributed by atoms with E-state index < -0.39 is 28.6 Å². The minimum Gasteiger partial charge on any atom is -0.380 e. The molecular weight excluding hydrogens is 511 g/mol. The lowest BCUT2D eigenvalue weighted by molar-refractivity contribution is 0.0924. The largest absolute Gasteiger partial charge is 0.380 e. The van der Waals surface area contributed by atoms with Crippen molar-refractivity contribution in [1.29, 1.82) is 5.41 Å². The zero-order valence-electron chi connectivity index (χ0n) is 21.2. The molecule has 0 spiro atoms. The molecular formula is C26H26F3N9O. The van der Waals surface area contributed by atoms with Crippen LogP contribution in [-0.2, 0) is 12.6 Å². The highest BCUT2D eigenvalue weighted by atomic mass is 19.1. The van der Waals surface area contributed by atoms with Crippen LogP contribution in [0.2, 0.25) is 0 Å². The molecule has 3 aromatic heterocycles. The zero-order chi connectivity index (χ0) is 27.7. The summed E-state index contributed by atoms with van der Waals surface area (Å²) < 4.78 is 43.7. The van der Waals surface area contributed by atoms with Gasteiger partial charge in [0.1, 0.15) is 29.4 Å². The van der Waals surface area contributed by atoms with Crippen LogP contribution >= 0.6 is 0 Å². The van der Waals surface area contributed by atoms with Crippen LogP contribution < -0.4 is 4.90 Å². The van der Waals surface area contributed by atoms with Crippen LogP contribution in [-0.4, -0.2) is 73.1 Å². The number of benzene rings is 1. The molecule has 1 aliphatic rings. The van der Waals surface area contributed by atoms with Gasteiger partial charge >= 0.3 is 0 Å². The van der Waals surface area contributed by atoms with Gasteiger partial charge in [0.15, 0.2) is 5.84 Å². The van der Waals surface area contributed by atoms with Gasteiger partial charge in [0.25, 0.3) is 0 Å². The van der Waals surface area contributed by atoms with Crippen LogP contribution in [0.5, 0.6) is 0 Å². The average molecular weight is 538 g/mol. The molecule has 0 aliphatic carbocycles. The first kappa shape index (κ1) is 26.1. The van der Waals surface area contributed by atoms with Gasteiger partial charge in [-0.3, -0.25) is 10.1 Å². The first-order valence-electron chi connectivity index (χ1n) is 12.1. The highest BCUT2D eigenvalue weighted by molar-refractivity contribution is 6.01. The predicted octanol–water partition coefficient (Wildman–Crippen LogP) is 3.05. The standard InChI is InChI=1S/C26H26F3N9O/c1-26(39,23-20(28)8-19(27)9-21(23)29)18-12-32-25(33-13-18)38-5-3-37(4-6-38)24(34-15-30)22-7-16(10-31-22)17-11-35-36(2)14-17/h7-15,30-31,39H,3-6H2,1-2H3/b30-15?,34-24+/t26-/m1/s1. The van der Waals surface area contributed by atoms with Crippen molar-refractivity contribution in [2.24, 2.45) is 12.0 Å². The van der Waals surface area contributed by atoms with Gasteiger partial charge in [-0.05, 0) is 13.0 Å². The lowest BCUT2D eigenvalue weighted by Gasteiger charge is -2.36. The Labute approximate surface area is 222 Å². The number of anilines is 1. The lowest BCUT2D eigenvalue weighted by Crippen LogP contribution is -2.49. The Kier molecular flexibility index (Phi) is 6.91. The molecule has 0 bridgehead atoms. The smallest absolute Gasteiger partial charge is 0.225 e. The summed E-state index contributed by atoms with van der Waals surface area (Å²) in [6.45, 7) is 3.44. The van der Waals surface area contributed by atoms with Gasteiger partial charge in [-0.1, -0.05) is 0 Å². The summed E-state index contributed by atoms with van der Waals surface area (Å²) in [7, 11) is 1.85. The molecule has 5 rings (SSSR count). The SMILES string of the molecule is Cn1cc(-c2c[nH]c(/C(=N\C=N)N3CCN(c4ncc([C@@](C)(O)c5c(F)cc(F)cc5F)cn4)CC3)c2)cn1.